The molecule has 1 fully saturated rings. The smallest absolute Gasteiger partial charge is 0.149 e. The predicted octanol–water partition coefficient (Wildman–Crippen LogP) is 2.53. The van der Waals surface area contributed by atoms with E-state index in [2.05, 4.69) is 17.2 Å². The van der Waals surface area contributed by atoms with Gasteiger partial charge in [-0.2, -0.15) is 5.26 Å². The average molecular weight is 230 g/mol. The van der Waals surface area contributed by atoms with Crippen LogP contribution in [-0.4, -0.2) is 11.5 Å². The molecule has 0 radical (unpaired) electrons. The van der Waals surface area contributed by atoms with Crippen LogP contribution in [0.25, 0.3) is 0 Å². The Kier molecular flexibility index (Phi) is 3.19. The standard InChI is InChI=1S/C13H18N4/c1-2-3-13(4-5-13)9-17-12-11(15)6-10(7-14)8-16-12/h6,8H,2-5,9,15H2,1H3,(H,16,17). The zero-order chi connectivity index (χ0) is 12.3. The lowest BCUT2D eigenvalue weighted by Gasteiger charge is -2.16. The van der Waals surface area contributed by atoms with Crippen molar-refractivity contribution in [1.82, 2.24) is 4.98 Å². The Morgan fingerprint density at radius 1 is 1.59 bits per heavy atom. The average Bonchev–Trinajstić information content (AvgIpc) is 3.08. The molecule has 0 amide bonds. The summed E-state index contributed by atoms with van der Waals surface area (Å²) < 4.78 is 0. The number of nitrogens with two attached hydrogens (primary N) is 1. The van der Waals surface area contributed by atoms with E-state index in [1.165, 1.54) is 25.7 Å². The number of nitrogens with one attached hydrogen (secondary N) is 1. The zero-order valence-electron chi connectivity index (χ0n) is 10.2. The monoisotopic (exact) mass is 230 g/mol. The van der Waals surface area contributed by atoms with Gasteiger partial charge in [0.1, 0.15) is 11.9 Å². The Morgan fingerprint density at radius 2 is 2.35 bits per heavy atom. The molecular weight excluding hydrogens is 212 g/mol. The molecule has 2 rings (SSSR count). The van der Waals surface area contributed by atoms with Gasteiger partial charge in [0.15, 0.2) is 0 Å². The summed E-state index contributed by atoms with van der Waals surface area (Å²) in [4.78, 5) is 4.18. The summed E-state index contributed by atoms with van der Waals surface area (Å²) in [7, 11) is 0. The zero-order valence-corrected chi connectivity index (χ0v) is 10.2. The van der Waals surface area contributed by atoms with E-state index in [1.54, 1.807) is 12.3 Å². The van der Waals surface area contributed by atoms with Gasteiger partial charge >= 0.3 is 0 Å². The Hall–Kier alpha value is -1.76. The van der Waals surface area contributed by atoms with Crippen LogP contribution in [0.2, 0.25) is 0 Å². The van der Waals surface area contributed by atoms with Crippen molar-refractivity contribution in [3.05, 3.63) is 17.8 Å². The number of pyridine rings is 1. The number of nitriles is 1. The van der Waals surface area contributed by atoms with Gasteiger partial charge in [-0.3, -0.25) is 0 Å². The van der Waals surface area contributed by atoms with Crippen LogP contribution in [0.5, 0.6) is 0 Å². The Labute approximate surface area is 102 Å². The van der Waals surface area contributed by atoms with Gasteiger partial charge in [0.2, 0.25) is 0 Å². The molecule has 0 unspecified atom stereocenters. The van der Waals surface area contributed by atoms with Crippen molar-refractivity contribution in [2.24, 2.45) is 5.41 Å². The molecule has 1 aromatic rings. The van der Waals surface area contributed by atoms with Gasteiger partial charge in [0.05, 0.1) is 11.3 Å². The maximum absolute atomic E-state index is 8.73. The van der Waals surface area contributed by atoms with Crippen LogP contribution in [0.4, 0.5) is 11.5 Å². The predicted molar refractivity (Wildman–Crippen MR) is 68.4 cm³/mol. The lowest BCUT2D eigenvalue weighted by Crippen LogP contribution is -2.16. The van der Waals surface area contributed by atoms with Gasteiger partial charge < -0.3 is 11.1 Å². The highest BCUT2D eigenvalue weighted by molar-refractivity contribution is 5.63. The molecule has 0 spiro atoms. The molecule has 0 bridgehead atoms. The SMILES string of the molecule is CCCC1(CNc2ncc(C#N)cc2N)CC1. The third-order valence-corrected chi connectivity index (χ3v) is 3.41. The first-order valence-electron chi connectivity index (χ1n) is 6.08. The molecule has 3 N–H and O–H groups in total. The Balaban J connectivity index is 1.98. The molecular formula is C13H18N4. The number of rotatable bonds is 5. The van der Waals surface area contributed by atoms with Crippen LogP contribution in [0.15, 0.2) is 12.3 Å². The largest absolute Gasteiger partial charge is 0.396 e. The van der Waals surface area contributed by atoms with Crippen LogP contribution in [0, 0.1) is 16.7 Å². The Bertz CT molecular complexity index is 443. The molecule has 0 atom stereocenters. The molecule has 1 aromatic heterocycles. The van der Waals surface area contributed by atoms with Crippen molar-refractivity contribution in [3.63, 3.8) is 0 Å². The third-order valence-electron chi connectivity index (χ3n) is 3.41. The summed E-state index contributed by atoms with van der Waals surface area (Å²) in [5.41, 5.74) is 7.37. The summed E-state index contributed by atoms with van der Waals surface area (Å²) >= 11 is 0. The van der Waals surface area contributed by atoms with E-state index in [-0.39, 0.29) is 0 Å². The van der Waals surface area contributed by atoms with Crippen molar-refractivity contribution in [2.45, 2.75) is 32.6 Å². The minimum atomic E-state index is 0.469. The highest BCUT2D eigenvalue weighted by Gasteiger charge is 2.41. The van der Waals surface area contributed by atoms with Crippen LogP contribution in [0.3, 0.4) is 0 Å². The van der Waals surface area contributed by atoms with Crippen LogP contribution in [-0.2, 0) is 0 Å². The number of anilines is 2. The maximum atomic E-state index is 8.73. The van der Waals surface area contributed by atoms with Gasteiger partial charge in [-0.05, 0) is 30.7 Å². The van der Waals surface area contributed by atoms with E-state index in [0.717, 1.165) is 6.54 Å². The highest BCUT2D eigenvalue weighted by atomic mass is 15.0. The number of hydrogen-bond donors (Lipinski definition) is 2. The summed E-state index contributed by atoms with van der Waals surface area (Å²) in [5.74, 6) is 0.700. The van der Waals surface area contributed by atoms with E-state index in [4.69, 9.17) is 11.0 Å². The van der Waals surface area contributed by atoms with E-state index in [9.17, 15) is 0 Å². The van der Waals surface area contributed by atoms with Crippen molar-refractivity contribution < 1.29 is 0 Å². The van der Waals surface area contributed by atoms with E-state index < -0.39 is 0 Å². The van der Waals surface area contributed by atoms with Crippen molar-refractivity contribution >= 4 is 11.5 Å². The molecule has 0 aromatic carbocycles. The van der Waals surface area contributed by atoms with Gasteiger partial charge in [0, 0.05) is 12.7 Å². The summed E-state index contributed by atoms with van der Waals surface area (Å²) in [6.45, 7) is 3.15. The second-order valence-electron chi connectivity index (χ2n) is 4.88. The molecule has 1 heterocycles. The molecule has 90 valence electrons. The third kappa shape index (κ3) is 2.68. The molecule has 17 heavy (non-hydrogen) atoms. The van der Waals surface area contributed by atoms with Gasteiger partial charge in [-0.1, -0.05) is 13.3 Å². The molecule has 1 aliphatic carbocycles. The fourth-order valence-electron chi connectivity index (χ4n) is 2.18. The van der Waals surface area contributed by atoms with Gasteiger partial charge in [-0.25, -0.2) is 4.98 Å². The summed E-state index contributed by atoms with van der Waals surface area (Å²) in [5, 5.41) is 12.0. The molecule has 1 aliphatic rings. The molecule has 1 saturated carbocycles. The minimum absolute atomic E-state index is 0.469. The normalized spacial score (nSPS) is 16.2. The van der Waals surface area contributed by atoms with E-state index >= 15 is 0 Å². The quantitative estimate of drug-likeness (QED) is 0.815. The van der Waals surface area contributed by atoms with E-state index in [1.807, 2.05) is 6.07 Å². The molecule has 4 heteroatoms. The minimum Gasteiger partial charge on any atom is -0.396 e. The maximum Gasteiger partial charge on any atom is 0.149 e. The van der Waals surface area contributed by atoms with E-state index in [0.29, 0.717) is 22.5 Å². The Morgan fingerprint density at radius 3 is 2.88 bits per heavy atom. The van der Waals surface area contributed by atoms with Crippen LogP contribution >= 0.6 is 0 Å². The topological polar surface area (TPSA) is 74.7 Å². The first-order valence-corrected chi connectivity index (χ1v) is 6.08. The molecule has 0 aliphatic heterocycles. The van der Waals surface area contributed by atoms with Crippen LogP contribution in [0.1, 0.15) is 38.2 Å². The number of hydrogen-bond acceptors (Lipinski definition) is 4. The second-order valence-corrected chi connectivity index (χ2v) is 4.88. The first-order chi connectivity index (χ1) is 8.19. The fourth-order valence-corrected chi connectivity index (χ4v) is 2.18. The van der Waals surface area contributed by atoms with Gasteiger partial charge in [0.25, 0.3) is 0 Å². The lowest BCUT2D eigenvalue weighted by molar-refractivity contribution is 0.485. The number of nitrogens with zero attached hydrogens (tertiary/aromatic N) is 2. The van der Waals surface area contributed by atoms with Crippen LogP contribution < -0.4 is 11.1 Å². The molecule has 0 saturated heterocycles. The van der Waals surface area contributed by atoms with Crippen molar-refractivity contribution in [2.75, 3.05) is 17.6 Å². The van der Waals surface area contributed by atoms with Crippen molar-refractivity contribution in [1.29, 1.82) is 5.26 Å². The lowest BCUT2D eigenvalue weighted by atomic mass is 10.0. The summed E-state index contributed by atoms with van der Waals surface area (Å²) in [6, 6.07) is 3.69. The number of aromatic nitrogens is 1. The first kappa shape index (κ1) is 11.7. The highest BCUT2D eigenvalue weighted by Crippen LogP contribution is 2.49. The van der Waals surface area contributed by atoms with Gasteiger partial charge in [-0.15, -0.1) is 0 Å². The summed E-state index contributed by atoms with van der Waals surface area (Å²) in [6.07, 6.45) is 6.63. The number of nitrogen functional groups attached to an aromatic ring is 1. The van der Waals surface area contributed by atoms with Crippen molar-refractivity contribution in [3.8, 4) is 6.07 Å². The molecule has 4 nitrogen and oxygen atoms in total. The second kappa shape index (κ2) is 4.62. The fraction of sp³-hybridized carbons (Fsp3) is 0.538.